The van der Waals surface area contributed by atoms with E-state index in [-0.39, 0.29) is 17.0 Å². The molecule has 3 aromatic carbocycles. The Morgan fingerprint density at radius 3 is 2.30 bits per heavy atom. The van der Waals surface area contributed by atoms with Gasteiger partial charge in [0.2, 0.25) is 15.0 Å². The van der Waals surface area contributed by atoms with E-state index < -0.39 is 9.84 Å². The van der Waals surface area contributed by atoms with E-state index in [1.807, 2.05) is 84.9 Å². The number of benzene rings is 3. The van der Waals surface area contributed by atoms with Crippen LogP contribution in [0.2, 0.25) is 0 Å². The lowest BCUT2D eigenvalue weighted by Gasteiger charge is -2.15. The van der Waals surface area contributed by atoms with E-state index in [9.17, 15) is 8.42 Å². The summed E-state index contributed by atoms with van der Waals surface area (Å²) in [6.45, 7) is 1.31. The van der Waals surface area contributed by atoms with Gasteiger partial charge in [0, 0.05) is 0 Å². The van der Waals surface area contributed by atoms with Crippen molar-refractivity contribution in [1.82, 2.24) is 20.1 Å². The SMILES string of the molecule is O=S(=O)(Cc1ccccc1-c1ccccc1)c1nnc(C2CCCN2)n1Cc1ccccc1. The van der Waals surface area contributed by atoms with E-state index in [4.69, 9.17) is 0 Å². The predicted molar refractivity (Wildman–Crippen MR) is 128 cm³/mol. The van der Waals surface area contributed by atoms with Gasteiger partial charge in [-0.25, -0.2) is 8.42 Å². The first-order chi connectivity index (χ1) is 16.1. The van der Waals surface area contributed by atoms with Crippen molar-refractivity contribution in [3.8, 4) is 11.1 Å². The lowest BCUT2D eigenvalue weighted by Crippen LogP contribution is -2.21. The molecule has 0 aliphatic carbocycles. The maximum Gasteiger partial charge on any atom is 0.250 e. The molecule has 5 rings (SSSR count). The van der Waals surface area contributed by atoms with Gasteiger partial charge in [0.25, 0.3) is 0 Å². The molecule has 1 saturated heterocycles. The summed E-state index contributed by atoms with van der Waals surface area (Å²) in [5.41, 5.74) is 3.66. The average molecular weight is 459 g/mol. The lowest BCUT2D eigenvalue weighted by atomic mass is 10.0. The van der Waals surface area contributed by atoms with E-state index in [0.717, 1.165) is 41.6 Å². The van der Waals surface area contributed by atoms with Crippen LogP contribution in [0, 0.1) is 0 Å². The van der Waals surface area contributed by atoms with Crippen LogP contribution in [0.3, 0.4) is 0 Å². The number of aromatic nitrogens is 3. The van der Waals surface area contributed by atoms with Crippen molar-refractivity contribution in [3.63, 3.8) is 0 Å². The van der Waals surface area contributed by atoms with Crippen molar-refractivity contribution in [3.05, 3.63) is 102 Å². The first-order valence-electron chi connectivity index (χ1n) is 11.2. The fourth-order valence-corrected chi connectivity index (χ4v) is 5.87. The number of nitrogens with one attached hydrogen (secondary N) is 1. The summed E-state index contributed by atoms with van der Waals surface area (Å²) < 4.78 is 29.1. The smallest absolute Gasteiger partial charge is 0.250 e. The van der Waals surface area contributed by atoms with Crippen LogP contribution in [-0.4, -0.2) is 29.7 Å². The monoisotopic (exact) mass is 458 g/mol. The minimum absolute atomic E-state index is 0.0155. The third-order valence-corrected chi connectivity index (χ3v) is 7.58. The quantitative estimate of drug-likeness (QED) is 0.444. The molecule has 1 aliphatic heterocycles. The van der Waals surface area contributed by atoms with Crippen molar-refractivity contribution in [1.29, 1.82) is 0 Å². The van der Waals surface area contributed by atoms with Crippen molar-refractivity contribution in [2.45, 2.75) is 36.3 Å². The van der Waals surface area contributed by atoms with Crippen LogP contribution in [0.15, 0.2) is 90.1 Å². The molecule has 0 radical (unpaired) electrons. The molecule has 0 amide bonds. The molecule has 6 nitrogen and oxygen atoms in total. The second kappa shape index (κ2) is 9.29. The Bertz CT molecular complexity index is 1330. The summed E-state index contributed by atoms with van der Waals surface area (Å²) in [6.07, 6.45) is 1.96. The van der Waals surface area contributed by atoms with E-state index in [1.54, 1.807) is 4.57 Å². The average Bonchev–Trinajstić information content (AvgIpc) is 3.51. The number of sulfone groups is 1. The summed E-state index contributed by atoms with van der Waals surface area (Å²) in [4.78, 5) is 0. The fourth-order valence-electron chi connectivity index (χ4n) is 4.42. The second-order valence-corrected chi connectivity index (χ2v) is 10.2. The van der Waals surface area contributed by atoms with Gasteiger partial charge in [0.1, 0.15) is 0 Å². The highest BCUT2D eigenvalue weighted by molar-refractivity contribution is 7.90. The molecule has 1 atom stereocenters. The van der Waals surface area contributed by atoms with E-state index in [1.165, 1.54) is 0 Å². The molecule has 168 valence electrons. The van der Waals surface area contributed by atoms with Crippen LogP contribution < -0.4 is 5.32 Å². The molecule has 1 fully saturated rings. The zero-order chi connectivity index (χ0) is 22.7. The molecule has 2 heterocycles. The van der Waals surface area contributed by atoms with Crippen LogP contribution in [-0.2, 0) is 22.1 Å². The molecule has 0 bridgehead atoms. The Kier molecular flexibility index (Phi) is 6.07. The Balaban J connectivity index is 1.54. The van der Waals surface area contributed by atoms with Crippen LogP contribution in [0.25, 0.3) is 11.1 Å². The third kappa shape index (κ3) is 4.60. The van der Waals surface area contributed by atoms with Crippen molar-refractivity contribution in [2.75, 3.05) is 6.54 Å². The number of hydrogen-bond acceptors (Lipinski definition) is 5. The molecular formula is C26H26N4O2S. The molecule has 1 aromatic heterocycles. The molecule has 7 heteroatoms. The minimum Gasteiger partial charge on any atom is -0.307 e. The third-order valence-electron chi connectivity index (χ3n) is 6.03. The number of hydrogen-bond donors (Lipinski definition) is 1. The molecule has 1 aliphatic rings. The maximum atomic E-state index is 13.7. The minimum atomic E-state index is -3.74. The van der Waals surface area contributed by atoms with E-state index >= 15 is 0 Å². The van der Waals surface area contributed by atoms with Gasteiger partial charge in [-0.1, -0.05) is 84.9 Å². The van der Waals surface area contributed by atoms with Gasteiger partial charge in [-0.05, 0) is 41.6 Å². The summed E-state index contributed by atoms with van der Waals surface area (Å²) in [5, 5.41) is 12.0. The van der Waals surface area contributed by atoms with Crippen LogP contribution in [0.5, 0.6) is 0 Å². The van der Waals surface area contributed by atoms with Gasteiger partial charge >= 0.3 is 0 Å². The first kappa shape index (κ1) is 21.6. The van der Waals surface area contributed by atoms with Gasteiger partial charge in [-0.15, -0.1) is 10.2 Å². The Labute approximate surface area is 194 Å². The summed E-state index contributed by atoms with van der Waals surface area (Å²) in [6, 6.07) is 27.4. The molecule has 0 saturated carbocycles. The molecule has 4 aromatic rings. The standard InChI is InChI=1S/C26H26N4O2S/c31-33(32,19-22-14-7-8-15-23(22)21-12-5-2-6-13-21)26-29-28-25(24-16-9-17-27-24)30(26)18-20-10-3-1-4-11-20/h1-8,10-15,24,27H,9,16-19H2. The Hall–Kier alpha value is -3.29. The van der Waals surface area contributed by atoms with Crippen molar-refractivity contribution < 1.29 is 8.42 Å². The summed E-state index contributed by atoms with van der Waals surface area (Å²) in [5.74, 6) is 0.551. The largest absolute Gasteiger partial charge is 0.307 e. The Morgan fingerprint density at radius 2 is 1.58 bits per heavy atom. The first-order valence-corrected chi connectivity index (χ1v) is 12.8. The summed E-state index contributed by atoms with van der Waals surface area (Å²) >= 11 is 0. The van der Waals surface area contributed by atoms with Crippen LogP contribution >= 0.6 is 0 Å². The van der Waals surface area contributed by atoms with Crippen LogP contribution in [0.4, 0.5) is 0 Å². The molecule has 33 heavy (non-hydrogen) atoms. The molecule has 1 unspecified atom stereocenters. The number of nitrogens with zero attached hydrogens (tertiary/aromatic N) is 3. The summed E-state index contributed by atoms with van der Waals surface area (Å²) in [7, 11) is -3.74. The van der Waals surface area contributed by atoms with Gasteiger partial charge in [0.15, 0.2) is 5.82 Å². The maximum absolute atomic E-state index is 13.7. The highest BCUT2D eigenvalue weighted by Crippen LogP contribution is 2.29. The van der Waals surface area contributed by atoms with Crippen molar-refractivity contribution in [2.24, 2.45) is 0 Å². The predicted octanol–water partition coefficient (Wildman–Crippen LogP) is 4.39. The Morgan fingerprint density at radius 1 is 0.879 bits per heavy atom. The second-order valence-electron chi connectivity index (χ2n) is 8.34. The zero-order valence-corrected chi connectivity index (χ0v) is 19.1. The number of rotatable bonds is 7. The van der Waals surface area contributed by atoms with Gasteiger partial charge in [-0.2, -0.15) is 0 Å². The molecule has 1 N–H and O–H groups in total. The normalized spacial score (nSPS) is 16.2. The molecular weight excluding hydrogens is 432 g/mol. The highest BCUT2D eigenvalue weighted by atomic mass is 32.2. The van der Waals surface area contributed by atoms with Gasteiger partial charge in [0.05, 0.1) is 18.3 Å². The van der Waals surface area contributed by atoms with Gasteiger partial charge in [-0.3, -0.25) is 4.57 Å². The highest BCUT2D eigenvalue weighted by Gasteiger charge is 2.30. The zero-order valence-electron chi connectivity index (χ0n) is 18.3. The van der Waals surface area contributed by atoms with Gasteiger partial charge < -0.3 is 5.32 Å². The topological polar surface area (TPSA) is 76.9 Å². The lowest BCUT2D eigenvalue weighted by molar-refractivity contribution is 0.535. The van der Waals surface area contributed by atoms with Crippen molar-refractivity contribution >= 4 is 9.84 Å². The fraction of sp³-hybridized carbons (Fsp3) is 0.231. The van der Waals surface area contributed by atoms with Crippen LogP contribution in [0.1, 0.15) is 35.8 Å². The molecule has 0 spiro atoms. The van der Waals surface area contributed by atoms with E-state index in [0.29, 0.717) is 12.4 Å². The van der Waals surface area contributed by atoms with E-state index in [2.05, 4.69) is 15.5 Å².